The fourth-order valence-corrected chi connectivity index (χ4v) is 2.41. The Morgan fingerprint density at radius 3 is 2.95 bits per heavy atom. The van der Waals surface area contributed by atoms with Crippen LogP contribution in [0.25, 0.3) is 11.5 Å². The molecule has 2 rings (SSSR count). The first-order valence-electron chi connectivity index (χ1n) is 6.56. The van der Waals surface area contributed by atoms with Crippen LogP contribution in [0.4, 0.5) is 0 Å². The van der Waals surface area contributed by atoms with E-state index < -0.39 is 0 Å². The Labute approximate surface area is 127 Å². The van der Waals surface area contributed by atoms with Crippen LogP contribution in [0, 0.1) is 6.92 Å². The highest BCUT2D eigenvalue weighted by Crippen LogP contribution is 2.27. The van der Waals surface area contributed by atoms with Crippen LogP contribution < -0.4 is 5.32 Å². The van der Waals surface area contributed by atoms with E-state index in [9.17, 15) is 4.79 Å². The topological polar surface area (TPSA) is 68.0 Å². The second-order valence-corrected chi connectivity index (χ2v) is 5.77. The van der Waals surface area contributed by atoms with Crippen LogP contribution in [0.5, 0.6) is 0 Å². The van der Waals surface area contributed by atoms with Crippen molar-refractivity contribution in [1.82, 2.24) is 15.5 Å². The minimum absolute atomic E-state index is 0.0875. The van der Waals surface area contributed by atoms with Gasteiger partial charge in [-0.25, -0.2) is 0 Å². The van der Waals surface area contributed by atoms with E-state index in [1.54, 1.807) is 13.0 Å². The number of nitrogens with one attached hydrogen (secondary N) is 1. The molecule has 0 aliphatic carbocycles. The molecule has 0 fully saturated rings. The van der Waals surface area contributed by atoms with Gasteiger partial charge in [0, 0.05) is 12.1 Å². The molecule has 21 heavy (non-hydrogen) atoms. The molecule has 0 aliphatic rings. The number of hydrogen-bond acceptors (Lipinski definition) is 5. The van der Waals surface area contributed by atoms with Crippen molar-refractivity contribution in [3.05, 3.63) is 42.5 Å². The van der Waals surface area contributed by atoms with E-state index in [2.05, 4.69) is 22.1 Å². The van der Waals surface area contributed by atoms with Crippen LogP contribution in [-0.2, 0) is 4.79 Å². The summed E-state index contributed by atoms with van der Waals surface area (Å²) in [5, 5.41) is 10.8. The molecule has 0 saturated carbocycles. The monoisotopic (exact) mass is 303 g/mol. The third-order valence-corrected chi connectivity index (χ3v) is 3.78. The highest BCUT2D eigenvalue weighted by molar-refractivity contribution is 8.00. The van der Waals surface area contributed by atoms with Gasteiger partial charge in [-0.15, -0.1) is 16.8 Å². The average Bonchev–Trinajstić information content (AvgIpc) is 2.93. The summed E-state index contributed by atoms with van der Waals surface area (Å²) < 4.78 is 5.62. The summed E-state index contributed by atoms with van der Waals surface area (Å²) >= 11 is 1.24. The van der Waals surface area contributed by atoms with Gasteiger partial charge in [0.15, 0.2) is 0 Å². The molecule has 1 amide bonds. The second-order valence-electron chi connectivity index (χ2n) is 4.48. The molecule has 1 aromatic heterocycles. The van der Waals surface area contributed by atoms with E-state index in [0.29, 0.717) is 17.7 Å². The molecule has 5 nitrogen and oxygen atoms in total. The van der Waals surface area contributed by atoms with Gasteiger partial charge in [0.05, 0.1) is 5.25 Å². The number of nitrogens with zero attached hydrogens (tertiary/aromatic N) is 2. The summed E-state index contributed by atoms with van der Waals surface area (Å²) in [5.41, 5.74) is 1.97. The molecule has 0 radical (unpaired) electrons. The number of benzene rings is 1. The maximum atomic E-state index is 11.8. The van der Waals surface area contributed by atoms with Crippen LogP contribution in [-0.4, -0.2) is 27.9 Å². The molecule has 1 atom stereocenters. The fourth-order valence-electron chi connectivity index (χ4n) is 1.70. The van der Waals surface area contributed by atoms with E-state index in [-0.39, 0.29) is 11.2 Å². The Kier molecular flexibility index (Phi) is 5.16. The molecule has 110 valence electrons. The first kappa shape index (κ1) is 15.3. The number of carbonyl (C=O) groups excluding carboxylic acids is 1. The molecule has 1 N–H and O–H groups in total. The second kappa shape index (κ2) is 7.08. The van der Waals surface area contributed by atoms with Crippen LogP contribution in [0.2, 0.25) is 0 Å². The van der Waals surface area contributed by atoms with Crippen molar-refractivity contribution in [2.24, 2.45) is 0 Å². The molecule has 0 aliphatic heterocycles. The number of thioether (sulfide) groups is 1. The standard InChI is InChI=1S/C15H17N3O2S/c1-4-9-16-13(19)11(3)21-15-18-17-14(20-15)12-8-6-5-7-10(12)2/h4-8,11H,1,9H2,2-3H3,(H,16,19). The highest BCUT2D eigenvalue weighted by Gasteiger charge is 2.18. The smallest absolute Gasteiger partial charge is 0.277 e. The van der Waals surface area contributed by atoms with Gasteiger partial charge < -0.3 is 9.73 Å². The summed E-state index contributed by atoms with van der Waals surface area (Å²) in [6.07, 6.45) is 1.64. The van der Waals surface area contributed by atoms with Gasteiger partial charge in [-0.1, -0.05) is 36.0 Å². The molecule has 0 spiro atoms. The molecule has 1 unspecified atom stereocenters. The minimum atomic E-state index is -0.310. The molecule has 1 heterocycles. The van der Waals surface area contributed by atoms with Crippen molar-refractivity contribution in [3.8, 4) is 11.5 Å². The Bertz CT molecular complexity index is 639. The Balaban J connectivity index is 2.05. The SMILES string of the molecule is C=CCNC(=O)C(C)Sc1nnc(-c2ccccc2C)o1. The molecule has 6 heteroatoms. The lowest BCUT2D eigenvalue weighted by atomic mass is 10.1. The highest BCUT2D eigenvalue weighted by atomic mass is 32.2. The van der Waals surface area contributed by atoms with Crippen molar-refractivity contribution in [1.29, 1.82) is 0 Å². The van der Waals surface area contributed by atoms with Gasteiger partial charge >= 0.3 is 0 Å². The Morgan fingerprint density at radius 2 is 2.24 bits per heavy atom. The largest absolute Gasteiger partial charge is 0.411 e. The first-order valence-corrected chi connectivity index (χ1v) is 7.44. The minimum Gasteiger partial charge on any atom is -0.411 e. The quantitative estimate of drug-likeness (QED) is 0.656. The number of rotatable bonds is 6. The molecule has 2 aromatic rings. The van der Waals surface area contributed by atoms with Gasteiger partial charge in [-0.05, 0) is 25.5 Å². The Morgan fingerprint density at radius 1 is 1.48 bits per heavy atom. The average molecular weight is 303 g/mol. The summed E-state index contributed by atoms with van der Waals surface area (Å²) in [6.45, 7) is 7.78. The molecule has 0 saturated heterocycles. The van der Waals surface area contributed by atoms with E-state index in [4.69, 9.17) is 4.42 Å². The number of carbonyl (C=O) groups is 1. The van der Waals surface area contributed by atoms with Crippen LogP contribution in [0.1, 0.15) is 12.5 Å². The summed E-state index contributed by atoms with van der Waals surface area (Å²) in [7, 11) is 0. The van der Waals surface area contributed by atoms with Gasteiger partial charge in [-0.2, -0.15) is 0 Å². The number of hydrogen-bond donors (Lipinski definition) is 1. The third-order valence-electron chi connectivity index (χ3n) is 2.85. The van der Waals surface area contributed by atoms with Crippen molar-refractivity contribution < 1.29 is 9.21 Å². The zero-order chi connectivity index (χ0) is 15.2. The predicted octanol–water partition coefficient (Wildman–Crippen LogP) is 2.83. The summed E-state index contributed by atoms with van der Waals surface area (Å²) in [6, 6.07) is 7.79. The lowest BCUT2D eigenvalue weighted by Gasteiger charge is -2.07. The lowest BCUT2D eigenvalue weighted by Crippen LogP contribution is -2.30. The van der Waals surface area contributed by atoms with Crippen molar-refractivity contribution in [2.45, 2.75) is 24.3 Å². The lowest BCUT2D eigenvalue weighted by molar-refractivity contribution is -0.120. The molecule has 1 aromatic carbocycles. The number of aromatic nitrogens is 2. The normalized spacial score (nSPS) is 11.9. The van der Waals surface area contributed by atoms with E-state index >= 15 is 0 Å². The van der Waals surface area contributed by atoms with Crippen LogP contribution in [0.3, 0.4) is 0 Å². The van der Waals surface area contributed by atoms with E-state index in [1.807, 2.05) is 31.2 Å². The van der Waals surface area contributed by atoms with Crippen molar-refractivity contribution >= 4 is 17.7 Å². The zero-order valence-corrected chi connectivity index (χ0v) is 12.8. The van der Waals surface area contributed by atoms with Gasteiger partial charge in [0.25, 0.3) is 5.22 Å². The van der Waals surface area contributed by atoms with Gasteiger partial charge in [-0.3, -0.25) is 4.79 Å². The predicted molar refractivity (Wildman–Crippen MR) is 83.0 cm³/mol. The third kappa shape index (κ3) is 3.95. The Hall–Kier alpha value is -2.08. The maximum Gasteiger partial charge on any atom is 0.277 e. The first-order chi connectivity index (χ1) is 10.1. The van der Waals surface area contributed by atoms with Crippen LogP contribution in [0.15, 0.2) is 46.6 Å². The molecule has 0 bridgehead atoms. The number of aryl methyl sites for hydroxylation is 1. The summed E-state index contributed by atoms with van der Waals surface area (Å²) in [5.74, 6) is 0.379. The van der Waals surface area contributed by atoms with Crippen molar-refractivity contribution in [2.75, 3.05) is 6.54 Å². The molecular weight excluding hydrogens is 286 g/mol. The summed E-state index contributed by atoms with van der Waals surface area (Å²) in [4.78, 5) is 11.8. The van der Waals surface area contributed by atoms with Gasteiger partial charge in [0.1, 0.15) is 0 Å². The van der Waals surface area contributed by atoms with Crippen LogP contribution >= 0.6 is 11.8 Å². The zero-order valence-electron chi connectivity index (χ0n) is 12.0. The van der Waals surface area contributed by atoms with Gasteiger partial charge in [0.2, 0.25) is 11.8 Å². The van der Waals surface area contributed by atoms with E-state index in [0.717, 1.165) is 11.1 Å². The number of amides is 1. The molecular formula is C15H17N3O2S. The van der Waals surface area contributed by atoms with Crippen molar-refractivity contribution in [3.63, 3.8) is 0 Å². The maximum absolute atomic E-state index is 11.8. The van der Waals surface area contributed by atoms with E-state index in [1.165, 1.54) is 11.8 Å². The fraction of sp³-hybridized carbons (Fsp3) is 0.267.